The first-order valence-corrected chi connectivity index (χ1v) is 5.55. The van der Waals surface area contributed by atoms with Gasteiger partial charge in [0, 0.05) is 13.1 Å². The normalized spacial score (nSPS) is 17.0. The maximum absolute atomic E-state index is 5.37. The maximum atomic E-state index is 5.37. The van der Waals surface area contributed by atoms with Crippen molar-refractivity contribution in [2.24, 2.45) is 0 Å². The van der Waals surface area contributed by atoms with E-state index >= 15 is 0 Å². The molecular weight excluding hydrogens is 186 g/mol. The number of fused-ring (bicyclic) bond motifs is 1. The molecule has 1 aromatic carbocycles. The molecule has 0 spiro atoms. The Morgan fingerprint density at radius 3 is 2.33 bits per heavy atom. The van der Waals surface area contributed by atoms with Gasteiger partial charge in [0.05, 0.1) is 7.11 Å². The molecule has 1 aliphatic rings. The highest BCUT2D eigenvalue weighted by Crippen LogP contribution is 2.25. The van der Waals surface area contributed by atoms with E-state index in [0.717, 1.165) is 25.1 Å². The van der Waals surface area contributed by atoms with Crippen LogP contribution in [0.25, 0.3) is 0 Å². The summed E-state index contributed by atoms with van der Waals surface area (Å²) in [5, 5.41) is 0. The first-order valence-electron chi connectivity index (χ1n) is 5.55. The summed E-state index contributed by atoms with van der Waals surface area (Å²) in [6, 6.07) is 4.50. The zero-order chi connectivity index (χ0) is 10.8. The Morgan fingerprint density at radius 2 is 1.73 bits per heavy atom. The van der Waals surface area contributed by atoms with E-state index in [4.69, 9.17) is 4.74 Å². The van der Waals surface area contributed by atoms with Crippen molar-refractivity contribution in [1.29, 1.82) is 0 Å². The SMILES string of the molecule is COc1cc2c(cc1C)CCN(C)CC2. The molecule has 2 rings (SSSR count). The Morgan fingerprint density at radius 1 is 1.13 bits per heavy atom. The van der Waals surface area contributed by atoms with Gasteiger partial charge in [-0.25, -0.2) is 0 Å². The van der Waals surface area contributed by atoms with Crippen LogP contribution in [0.15, 0.2) is 12.1 Å². The molecule has 15 heavy (non-hydrogen) atoms. The Hall–Kier alpha value is -1.02. The summed E-state index contributed by atoms with van der Waals surface area (Å²) in [7, 11) is 3.94. The van der Waals surface area contributed by atoms with Crippen molar-refractivity contribution in [1.82, 2.24) is 4.90 Å². The fourth-order valence-corrected chi connectivity index (χ4v) is 2.21. The zero-order valence-corrected chi connectivity index (χ0v) is 9.84. The lowest BCUT2D eigenvalue weighted by atomic mass is 10.00. The number of rotatable bonds is 1. The number of nitrogens with zero attached hydrogens (tertiary/aromatic N) is 1. The topological polar surface area (TPSA) is 12.5 Å². The third-order valence-corrected chi connectivity index (χ3v) is 3.24. The molecule has 2 heteroatoms. The van der Waals surface area contributed by atoms with Crippen molar-refractivity contribution in [2.45, 2.75) is 19.8 Å². The van der Waals surface area contributed by atoms with Crippen LogP contribution in [0.2, 0.25) is 0 Å². The van der Waals surface area contributed by atoms with Crippen molar-refractivity contribution in [3.63, 3.8) is 0 Å². The van der Waals surface area contributed by atoms with Crippen molar-refractivity contribution in [3.8, 4) is 5.75 Å². The smallest absolute Gasteiger partial charge is 0.122 e. The van der Waals surface area contributed by atoms with Crippen LogP contribution >= 0.6 is 0 Å². The van der Waals surface area contributed by atoms with E-state index in [1.807, 2.05) is 0 Å². The molecule has 82 valence electrons. The van der Waals surface area contributed by atoms with Crippen LogP contribution in [-0.2, 0) is 12.8 Å². The minimum Gasteiger partial charge on any atom is -0.496 e. The fourth-order valence-electron chi connectivity index (χ4n) is 2.21. The van der Waals surface area contributed by atoms with Crippen molar-refractivity contribution >= 4 is 0 Å². The van der Waals surface area contributed by atoms with Crippen LogP contribution in [0.4, 0.5) is 0 Å². The standard InChI is InChI=1S/C13H19NO/c1-10-8-11-4-6-14(2)7-5-12(11)9-13(10)15-3/h8-9H,4-7H2,1-3H3. The highest BCUT2D eigenvalue weighted by atomic mass is 16.5. The van der Waals surface area contributed by atoms with Gasteiger partial charge < -0.3 is 9.64 Å². The van der Waals surface area contributed by atoms with Gasteiger partial charge in [0.1, 0.15) is 5.75 Å². The molecule has 0 atom stereocenters. The molecule has 0 unspecified atom stereocenters. The van der Waals surface area contributed by atoms with E-state index in [1.165, 1.54) is 23.2 Å². The van der Waals surface area contributed by atoms with E-state index in [2.05, 4.69) is 31.0 Å². The van der Waals surface area contributed by atoms with Gasteiger partial charge in [-0.3, -0.25) is 0 Å². The second kappa shape index (κ2) is 4.23. The molecule has 0 aliphatic carbocycles. The van der Waals surface area contributed by atoms with E-state index in [0.29, 0.717) is 0 Å². The minimum atomic E-state index is 1.03. The number of ether oxygens (including phenoxy) is 1. The summed E-state index contributed by atoms with van der Waals surface area (Å²) in [5.74, 6) is 1.03. The van der Waals surface area contributed by atoms with Gasteiger partial charge in [0.25, 0.3) is 0 Å². The molecule has 0 bridgehead atoms. The summed E-state index contributed by atoms with van der Waals surface area (Å²) >= 11 is 0. The van der Waals surface area contributed by atoms with Gasteiger partial charge in [-0.2, -0.15) is 0 Å². The van der Waals surface area contributed by atoms with Crippen molar-refractivity contribution in [2.75, 3.05) is 27.2 Å². The highest BCUT2D eigenvalue weighted by molar-refractivity contribution is 5.42. The largest absolute Gasteiger partial charge is 0.496 e. The van der Waals surface area contributed by atoms with Gasteiger partial charge in [-0.15, -0.1) is 0 Å². The molecule has 0 fully saturated rings. The van der Waals surface area contributed by atoms with Gasteiger partial charge in [-0.05, 0) is 49.6 Å². The molecule has 0 aromatic heterocycles. The predicted octanol–water partition coefficient (Wildman–Crippen LogP) is 2.03. The summed E-state index contributed by atoms with van der Waals surface area (Å²) in [6.45, 7) is 4.44. The van der Waals surface area contributed by atoms with Crippen LogP contribution in [0.1, 0.15) is 16.7 Å². The van der Waals surface area contributed by atoms with E-state index in [9.17, 15) is 0 Å². The Balaban J connectivity index is 2.36. The molecule has 2 nitrogen and oxygen atoms in total. The van der Waals surface area contributed by atoms with Crippen LogP contribution < -0.4 is 4.74 Å². The van der Waals surface area contributed by atoms with Crippen LogP contribution in [0.3, 0.4) is 0 Å². The summed E-state index contributed by atoms with van der Waals surface area (Å²) in [4.78, 5) is 2.39. The van der Waals surface area contributed by atoms with E-state index in [1.54, 1.807) is 7.11 Å². The van der Waals surface area contributed by atoms with Crippen molar-refractivity contribution < 1.29 is 4.74 Å². The number of hydrogen-bond acceptors (Lipinski definition) is 2. The monoisotopic (exact) mass is 205 g/mol. The summed E-state index contributed by atoms with van der Waals surface area (Å²) in [5.41, 5.74) is 4.21. The van der Waals surface area contributed by atoms with Crippen LogP contribution in [-0.4, -0.2) is 32.1 Å². The van der Waals surface area contributed by atoms with Gasteiger partial charge in [-0.1, -0.05) is 6.07 Å². The van der Waals surface area contributed by atoms with E-state index < -0.39 is 0 Å². The van der Waals surface area contributed by atoms with E-state index in [-0.39, 0.29) is 0 Å². The highest BCUT2D eigenvalue weighted by Gasteiger charge is 2.13. The Bertz CT molecular complexity index is 360. The lowest BCUT2D eigenvalue weighted by Gasteiger charge is -2.10. The molecule has 0 N–H and O–H groups in total. The number of hydrogen-bond donors (Lipinski definition) is 0. The molecule has 1 heterocycles. The molecular formula is C13H19NO. The Labute approximate surface area is 91.9 Å². The summed E-state index contributed by atoms with van der Waals surface area (Å²) < 4.78 is 5.37. The van der Waals surface area contributed by atoms with Crippen LogP contribution in [0.5, 0.6) is 5.75 Å². The lowest BCUT2D eigenvalue weighted by molar-refractivity contribution is 0.352. The molecule has 1 aromatic rings. The first-order chi connectivity index (χ1) is 7.20. The number of aryl methyl sites for hydroxylation is 1. The third-order valence-electron chi connectivity index (χ3n) is 3.24. The second-order valence-corrected chi connectivity index (χ2v) is 4.39. The Kier molecular flexibility index (Phi) is 2.96. The lowest BCUT2D eigenvalue weighted by Crippen LogP contribution is -2.20. The number of benzene rings is 1. The summed E-state index contributed by atoms with van der Waals surface area (Å²) in [6.07, 6.45) is 2.30. The third kappa shape index (κ3) is 2.15. The average Bonchev–Trinajstić information content (AvgIpc) is 2.40. The minimum absolute atomic E-state index is 1.03. The van der Waals surface area contributed by atoms with Gasteiger partial charge in [0.15, 0.2) is 0 Å². The molecule has 0 radical (unpaired) electrons. The second-order valence-electron chi connectivity index (χ2n) is 4.39. The van der Waals surface area contributed by atoms with Gasteiger partial charge >= 0.3 is 0 Å². The fraction of sp³-hybridized carbons (Fsp3) is 0.538. The number of likely N-dealkylation sites (N-methyl/N-ethyl adjacent to an activating group) is 1. The first kappa shape index (κ1) is 10.5. The number of methoxy groups -OCH3 is 1. The predicted molar refractivity (Wildman–Crippen MR) is 62.6 cm³/mol. The van der Waals surface area contributed by atoms with Gasteiger partial charge in [0.2, 0.25) is 0 Å². The van der Waals surface area contributed by atoms with Crippen LogP contribution in [0, 0.1) is 6.92 Å². The molecule has 0 saturated heterocycles. The maximum Gasteiger partial charge on any atom is 0.122 e. The quantitative estimate of drug-likeness (QED) is 0.695. The molecule has 0 saturated carbocycles. The van der Waals surface area contributed by atoms with Crippen molar-refractivity contribution in [3.05, 3.63) is 28.8 Å². The zero-order valence-electron chi connectivity index (χ0n) is 9.84. The average molecular weight is 205 g/mol. The molecule has 1 aliphatic heterocycles. The molecule has 0 amide bonds.